The Kier molecular flexibility index (Phi) is 3.29. The van der Waals surface area contributed by atoms with Crippen molar-refractivity contribution >= 4 is 6.29 Å². The Morgan fingerprint density at radius 3 is 2.75 bits per heavy atom. The summed E-state index contributed by atoms with van der Waals surface area (Å²) in [6.45, 7) is 1.56. The Morgan fingerprint density at radius 2 is 2.33 bits per heavy atom. The molecule has 0 aromatic carbocycles. The van der Waals surface area contributed by atoms with Crippen molar-refractivity contribution in [3.05, 3.63) is 11.8 Å². The number of carbonyl (C=O) groups excluding carboxylic acids is 1. The van der Waals surface area contributed by atoms with Crippen LogP contribution in [0.5, 0.6) is 0 Å². The highest BCUT2D eigenvalue weighted by Gasteiger charge is 2.20. The maximum atomic E-state index is 10.3. The SMILES string of the molecule is CN(C)/C(=C/C=O)[C@@H]1CCOC1. The topological polar surface area (TPSA) is 29.5 Å². The summed E-state index contributed by atoms with van der Waals surface area (Å²) in [5, 5.41) is 0. The largest absolute Gasteiger partial charge is 0.381 e. The molecule has 0 spiro atoms. The molecule has 0 radical (unpaired) electrons. The molecule has 3 heteroatoms. The van der Waals surface area contributed by atoms with E-state index in [4.69, 9.17) is 4.74 Å². The second-order valence-electron chi connectivity index (χ2n) is 3.18. The highest BCUT2D eigenvalue weighted by atomic mass is 16.5. The third-order valence-electron chi connectivity index (χ3n) is 2.10. The Balaban J connectivity index is 2.64. The summed E-state index contributed by atoms with van der Waals surface area (Å²) in [6.07, 6.45) is 3.49. The van der Waals surface area contributed by atoms with Gasteiger partial charge in [-0.15, -0.1) is 0 Å². The van der Waals surface area contributed by atoms with Crippen LogP contribution >= 0.6 is 0 Å². The lowest BCUT2D eigenvalue weighted by molar-refractivity contribution is -0.104. The third-order valence-corrected chi connectivity index (χ3v) is 2.10. The average Bonchev–Trinajstić information content (AvgIpc) is 2.51. The lowest BCUT2D eigenvalue weighted by Crippen LogP contribution is -2.19. The molecule has 0 aromatic rings. The number of aldehydes is 1. The smallest absolute Gasteiger partial charge is 0.144 e. The van der Waals surface area contributed by atoms with Gasteiger partial charge in [0.25, 0.3) is 0 Å². The number of rotatable bonds is 3. The first-order valence-electron chi connectivity index (χ1n) is 4.16. The number of ether oxygens (including phenoxy) is 1. The van der Waals surface area contributed by atoms with Crippen LogP contribution in [0.15, 0.2) is 11.8 Å². The minimum Gasteiger partial charge on any atom is -0.381 e. The molecule has 0 aliphatic carbocycles. The molecule has 0 aromatic heterocycles. The van der Waals surface area contributed by atoms with Crippen molar-refractivity contribution < 1.29 is 9.53 Å². The van der Waals surface area contributed by atoms with Crippen molar-refractivity contribution in [1.29, 1.82) is 0 Å². The summed E-state index contributed by atoms with van der Waals surface area (Å²) in [5.74, 6) is 0.408. The third kappa shape index (κ3) is 2.08. The van der Waals surface area contributed by atoms with Crippen molar-refractivity contribution in [2.24, 2.45) is 5.92 Å². The lowest BCUT2D eigenvalue weighted by atomic mass is 10.0. The molecular weight excluding hydrogens is 154 g/mol. The minimum atomic E-state index is 0.408. The quantitative estimate of drug-likeness (QED) is 0.459. The Morgan fingerprint density at radius 1 is 1.58 bits per heavy atom. The summed E-state index contributed by atoms with van der Waals surface area (Å²) in [5.41, 5.74) is 1.07. The molecule has 0 amide bonds. The molecule has 1 heterocycles. The Labute approximate surface area is 73.0 Å². The average molecular weight is 169 g/mol. The van der Waals surface area contributed by atoms with Gasteiger partial charge >= 0.3 is 0 Å². The standard InChI is InChI=1S/C9H15NO2/c1-10(2)9(3-5-11)8-4-6-12-7-8/h3,5,8H,4,6-7H2,1-2H3/b9-3+/t8-/m1/s1. The predicted octanol–water partition coefficient (Wildman–Crippen LogP) is 0.667. The van der Waals surface area contributed by atoms with Gasteiger partial charge in [0.2, 0.25) is 0 Å². The minimum absolute atomic E-state index is 0.408. The van der Waals surface area contributed by atoms with Crippen LogP contribution < -0.4 is 0 Å². The van der Waals surface area contributed by atoms with Crippen molar-refractivity contribution in [1.82, 2.24) is 4.90 Å². The van der Waals surface area contributed by atoms with Crippen molar-refractivity contribution in [3.8, 4) is 0 Å². The maximum absolute atomic E-state index is 10.3. The van der Waals surface area contributed by atoms with Crippen LogP contribution in [0.3, 0.4) is 0 Å². The van der Waals surface area contributed by atoms with Gasteiger partial charge in [-0.2, -0.15) is 0 Å². The van der Waals surface area contributed by atoms with Gasteiger partial charge in [0.1, 0.15) is 6.29 Å². The number of hydrogen-bond acceptors (Lipinski definition) is 3. The molecule has 3 nitrogen and oxygen atoms in total. The lowest BCUT2D eigenvalue weighted by Gasteiger charge is -2.21. The normalized spacial score (nSPS) is 24.2. The Hall–Kier alpha value is -0.830. The molecular formula is C9H15NO2. The van der Waals surface area contributed by atoms with E-state index in [2.05, 4.69) is 0 Å². The molecule has 1 atom stereocenters. The maximum Gasteiger partial charge on any atom is 0.144 e. The van der Waals surface area contributed by atoms with Crippen LogP contribution in [0.25, 0.3) is 0 Å². The van der Waals surface area contributed by atoms with E-state index >= 15 is 0 Å². The van der Waals surface area contributed by atoms with Gasteiger partial charge < -0.3 is 9.64 Å². The van der Waals surface area contributed by atoms with E-state index in [-0.39, 0.29) is 0 Å². The van der Waals surface area contributed by atoms with Crippen molar-refractivity contribution in [2.45, 2.75) is 6.42 Å². The van der Waals surface area contributed by atoms with Gasteiger partial charge in [0.05, 0.1) is 6.61 Å². The van der Waals surface area contributed by atoms with E-state index in [1.54, 1.807) is 6.08 Å². The molecule has 0 bridgehead atoms. The van der Waals surface area contributed by atoms with Gasteiger partial charge in [0, 0.05) is 32.3 Å². The molecule has 68 valence electrons. The fourth-order valence-corrected chi connectivity index (χ4v) is 1.49. The number of hydrogen-bond donors (Lipinski definition) is 0. The molecule has 0 unspecified atom stereocenters. The fraction of sp³-hybridized carbons (Fsp3) is 0.667. The first-order chi connectivity index (χ1) is 5.75. The van der Waals surface area contributed by atoms with Gasteiger partial charge in [0.15, 0.2) is 0 Å². The molecule has 1 fully saturated rings. The number of allylic oxidation sites excluding steroid dienone is 1. The van der Waals surface area contributed by atoms with Crippen molar-refractivity contribution in [2.75, 3.05) is 27.3 Å². The first-order valence-corrected chi connectivity index (χ1v) is 4.16. The van der Waals surface area contributed by atoms with Gasteiger partial charge in [-0.3, -0.25) is 4.79 Å². The van der Waals surface area contributed by atoms with Crippen LogP contribution in [0.4, 0.5) is 0 Å². The summed E-state index contributed by atoms with van der Waals surface area (Å²) in [4.78, 5) is 12.3. The van der Waals surface area contributed by atoms with Crippen LogP contribution in [0.2, 0.25) is 0 Å². The number of carbonyl (C=O) groups is 1. The Bertz CT molecular complexity index is 181. The predicted molar refractivity (Wildman–Crippen MR) is 46.8 cm³/mol. The summed E-state index contributed by atoms with van der Waals surface area (Å²) < 4.78 is 5.25. The molecule has 12 heavy (non-hydrogen) atoms. The molecule has 1 aliphatic heterocycles. The zero-order valence-corrected chi connectivity index (χ0v) is 7.62. The van der Waals surface area contributed by atoms with Crippen LogP contribution in [0.1, 0.15) is 6.42 Å². The second kappa shape index (κ2) is 4.26. The molecule has 0 N–H and O–H groups in total. The van der Waals surface area contributed by atoms with Crippen LogP contribution in [0, 0.1) is 5.92 Å². The van der Waals surface area contributed by atoms with E-state index < -0.39 is 0 Å². The van der Waals surface area contributed by atoms with E-state index in [0.717, 1.165) is 31.6 Å². The molecule has 1 aliphatic rings. The fourth-order valence-electron chi connectivity index (χ4n) is 1.49. The second-order valence-corrected chi connectivity index (χ2v) is 3.18. The molecule has 1 saturated heterocycles. The van der Waals surface area contributed by atoms with Crippen molar-refractivity contribution in [3.63, 3.8) is 0 Å². The number of nitrogens with zero attached hydrogens (tertiary/aromatic N) is 1. The van der Waals surface area contributed by atoms with Gasteiger partial charge in [-0.25, -0.2) is 0 Å². The van der Waals surface area contributed by atoms with E-state index in [1.165, 1.54) is 0 Å². The molecule has 0 saturated carbocycles. The van der Waals surface area contributed by atoms with Crippen LogP contribution in [-0.2, 0) is 9.53 Å². The summed E-state index contributed by atoms with van der Waals surface area (Å²) >= 11 is 0. The van der Waals surface area contributed by atoms with E-state index in [0.29, 0.717) is 5.92 Å². The van der Waals surface area contributed by atoms with Crippen LogP contribution in [-0.4, -0.2) is 38.5 Å². The highest BCUT2D eigenvalue weighted by molar-refractivity contribution is 5.66. The first kappa shape index (κ1) is 9.26. The van der Waals surface area contributed by atoms with Gasteiger partial charge in [-0.05, 0) is 12.5 Å². The summed E-state index contributed by atoms with van der Waals surface area (Å²) in [6, 6.07) is 0. The highest BCUT2D eigenvalue weighted by Crippen LogP contribution is 2.22. The summed E-state index contributed by atoms with van der Waals surface area (Å²) in [7, 11) is 3.90. The van der Waals surface area contributed by atoms with E-state index in [9.17, 15) is 4.79 Å². The van der Waals surface area contributed by atoms with E-state index in [1.807, 2.05) is 19.0 Å². The van der Waals surface area contributed by atoms with Gasteiger partial charge in [-0.1, -0.05) is 0 Å². The molecule has 1 rings (SSSR count). The zero-order chi connectivity index (χ0) is 8.97. The zero-order valence-electron chi connectivity index (χ0n) is 7.62. The monoisotopic (exact) mass is 169 g/mol.